The zero-order valence-corrected chi connectivity index (χ0v) is 13.0. The van der Waals surface area contributed by atoms with E-state index in [1.807, 2.05) is 49.4 Å². The molecule has 0 saturated heterocycles. The summed E-state index contributed by atoms with van der Waals surface area (Å²) < 4.78 is 0.344. The highest BCUT2D eigenvalue weighted by Gasteiger charge is 2.11. The van der Waals surface area contributed by atoms with Gasteiger partial charge >= 0.3 is 0 Å². The van der Waals surface area contributed by atoms with Crippen molar-refractivity contribution in [1.82, 2.24) is 9.97 Å². The molecular weight excluding hydrogens is 292 g/mol. The summed E-state index contributed by atoms with van der Waals surface area (Å²) >= 11 is 5.12. The topological polar surface area (TPSA) is 48.6 Å². The summed E-state index contributed by atoms with van der Waals surface area (Å²) in [6.45, 7) is 2.05. The third kappa shape index (κ3) is 3.07. The Kier molecular flexibility index (Phi) is 4.02. The first kappa shape index (κ1) is 14.5. The fourth-order valence-corrected chi connectivity index (χ4v) is 2.64. The lowest BCUT2D eigenvalue weighted by Gasteiger charge is -2.09. The van der Waals surface area contributed by atoms with E-state index in [1.165, 1.54) is 5.56 Å². The fraction of sp³-hybridized carbons (Fsp3) is 0.111. The summed E-state index contributed by atoms with van der Waals surface area (Å²) in [7, 11) is 0. The van der Waals surface area contributed by atoms with Crippen LogP contribution in [0.25, 0.3) is 11.3 Å². The van der Waals surface area contributed by atoms with Crippen LogP contribution in [-0.2, 0) is 6.42 Å². The van der Waals surface area contributed by atoms with Gasteiger partial charge in [-0.15, -0.1) is 0 Å². The molecule has 0 radical (unpaired) electrons. The fourth-order valence-electron chi connectivity index (χ4n) is 2.44. The Balaban J connectivity index is 2.12. The molecule has 0 fully saturated rings. The number of benzene rings is 2. The molecule has 2 N–H and O–H groups in total. The highest BCUT2D eigenvalue weighted by atomic mass is 32.1. The molecule has 0 saturated carbocycles. The first-order valence-electron chi connectivity index (χ1n) is 7.10. The lowest BCUT2D eigenvalue weighted by Crippen LogP contribution is -2.16. The lowest BCUT2D eigenvalue weighted by atomic mass is 10.00. The van der Waals surface area contributed by atoms with E-state index < -0.39 is 0 Å². The number of H-pyrrole nitrogens is 2. The summed E-state index contributed by atoms with van der Waals surface area (Å²) in [4.78, 5) is 18.2. The third-order valence-corrected chi connectivity index (χ3v) is 3.81. The summed E-state index contributed by atoms with van der Waals surface area (Å²) in [6, 6.07) is 18.0. The van der Waals surface area contributed by atoms with Gasteiger partial charge in [-0.3, -0.25) is 9.78 Å². The van der Waals surface area contributed by atoms with Crippen molar-refractivity contribution in [1.29, 1.82) is 0 Å². The van der Waals surface area contributed by atoms with Gasteiger partial charge in [-0.25, -0.2) is 0 Å². The van der Waals surface area contributed by atoms with E-state index in [-0.39, 0.29) is 5.56 Å². The van der Waals surface area contributed by atoms with E-state index in [9.17, 15) is 4.79 Å². The number of hydrogen-bond donors (Lipinski definition) is 2. The van der Waals surface area contributed by atoms with Crippen LogP contribution in [0.1, 0.15) is 16.7 Å². The number of aryl methyl sites for hydroxylation is 1. The van der Waals surface area contributed by atoms with E-state index in [2.05, 4.69) is 22.1 Å². The van der Waals surface area contributed by atoms with Crippen LogP contribution in [0.2, 0.25) is 0 Å². The standard InChI is InChI=1S/C18H16N2OS/c1-12-7-9-13(10-8-12)11-15-16(14-5-3-2-4-6-14)19-18(22)20-17(15)21/h2-10H,11H2,1H3,(H2,19,20,21,22). The monoisotopic (exact) mass is 308 g/mol. The van der Waals surface area contributed by atoms with Crippen molar-refractivity contribution in [3.8, 4) is 11.3 Å². The minimum Gasteiger partial charge on any atom is -0.331 e. The molecule has 3 nitrogen and oxygen atoms in total. The van der Waals surface area contributed by atoms with Gasteiger partial charge in [-0.1, -0.05) is 60.2 Å². The molecule has 0 aliphatic heterocycles. The number of hydrogen-bond acceptors (Lipinski definition) is 2. The summed E-state index contributed by atoms with van der Waals surface area (Å²) in [5.74, 6) is 0. The van der Waals surface area contributed by atoms with E-state index in [4.69, 9.17) is 12.2 Å². The maximum Gasteiger partial charge on any atom is 0.255 e. The van der Waals surface area contributed by atoms with Crippen LogP contribution in [0.15, 0.2) is 59.4 Å². The molecule has 0 atom stereocenters. The molecule has 0 unspecified atom stereocenters. The van der Waals surface area contributed by atoms with Gasteiger partial charge in [0.25, 0.3) is 5.56 Å². The number of rotatable bonds is 3. The Morgan fingerprint density at radius 1 is 0.955 bits per heavy atom. The highest BCUT2D eigenvalue weighted by Crippen LogP contribution is 2.21. The van der Waals surface area contributed by atoms with E-state index in [0.717, 1.165) is 16.8 Å². The minimum atomic E-state index is -0.136. The van der Waals surface area contributed by atoms with Crippen molar-refractivity contribution in [2.24, 2.45) is 0 Å². The minimum absolute atomic E-state index is 0.136. The van der Waals surface area contributed by atoms with Crippen LogP contribution in [0.4, 0.5) is 0 Å². The van der Waals surface area contributed by atoms with E-state index in [1.54, 1.807) is 0 Å². The van der Waals surface area contributed by atoms with Crippen LogP contribution in [0.5, 0.6) is 0 Å². The first-order chi connectivity index (χ1) is 10.6. The molecule has 0 bridgehead atoms. The van der Waals surface area contributed by atoms with Crippen molar-refractivity contribution in [3.05, 3.63) is 86.4 Å². The molecular formula is C18H16N2OS. The Morgan fingerprint density at radius 2 is 1.64 bits per heavy atom. The second kappa shape index (κ2) is 6.12. The van der Waals surface area contributed by atoms with Gasteiger partial charge in [0, 0.05) is 12.0 Å². The van der Waals surface area contributed by atoms with Gasteiger partial charge in [-0.05, 0) is 30.3 Å². The van der Waals surface area contributed by atoms with Crippen LogP contribution < -0.4 is 5.56 Å². The van der Waals surface area contributed by atoms with Crippen molar-refractivity contribution in [2.75, 3.05) is 0 Å². The van der Waals surface area contributed by atoms with Crippen molar-refractivity contribution in [3.63, 3.8) is 0 Å². The second-order valence-electron chi connectivity index (χ2n) is 5.29. The summed E-state index contributed by atoms with van der Waals surface area (Å²) in [6.07, 6.45) is 0.561. The highest BCUT2D eigenvalue weighted by molar-refractivity contribution is 7.71. The van der Waals surface area contributed by atoms with Crippen LogP contribution >= 0.6 is 12.2 Å². The first-order valence-corrected chi connectivity index (χ1v) is 7.51. The van der Waals surface area contributed by atoms with Gasteiger partial charge in [0.1, 0.15) is 0 Å². The molecule has 0 spiro atoms. The number of aromatic nitrogens is 2. The van der Waals surface area contributed by atoms with Crippen LogP contribution in [0, 0.1) is 11.7 Å². The molecule has 1 aromatic heterocycles. The molecule has 0 aliphatic rings. The Morgan fingerprint density at radius 3 is 2.32 bits per heavy atom. The van der Waals surface area contributed by atoms with Gasteiger partial charge in [-0.2, -0.15) is 0 Å². The molecule has 1 heterocycles. The average molecular weight is 308 g/mol. The molecule has 3 aromatic rings. The molecule has 3 rings (SSSR count). The Hall–Kier alpha value is -2.46. The van der Waals surface area contributed by atoms with Crippen molar-refractivity contribution >= 4 is 12.2 Å². The normalized spacial score (nSPS) is 10.6. The lowest BCUT2D eigenvalue weighted by molar-refractivity contribution is 1.01. The Labute approximate surface area is 133 Å². The molecule has 0 amide bonds. The predicted octanol–water partition coefficient (Wildman–Crippen LogP) is 4.00. The largest absolute Gasteiger partial charge is 0.331 e. The second-order valence-corrected chi connectivity index (χ2v) is 5.70. The molecule has 2 aromatic carbocycles. The zero-order chi connectivity index (χ0) is 15.5. The molecule has 22 heavy (non-hydrogen) atoms. The summed E-state index contributed by atoms with van der Waals surface area (Å²) in [5, 5.41) is 0. The molecule has 4 heteroatoms. The van der Waals surface area contributed by atoms with E-state index in [0.29, 0.717) is 16.8 Å². The van der Waals surface area contributed by atoms with Crippen molar-refractivity contribution in [2.45, 2.75) is 13.3 Å². The predicted molar refractivity (Wildman–Crippen MR) is 91.7 cm³/mol. The number of nitrogens with one attached hydrogen (secondary N) is 2. The van der Waals surface area contributed by atoms with Crippen molar-refractivity contribution < 1.29 is 0 Å². The average Bonchev–Trinajstić information content (AvgIpc) is 2.52. The maximum absolute atomic E-state index is 12.4. The quantitative estimate of drug-likeness (QED) is 0.719. The van der Waals surface area contributed by atoms with Gasteiger partial charge in [0.05, 0.1) is 5.69 Å². The van der Waals surface area contributed by atoms with Crippen LogP contribution in [-0.4, -0.2) is 9.97 Å². The van der Waals surface area contributed by atoms with Gasteiger partial charge < -0.3 is 4.98 Å². The van der Waals surface area contributed by atoms with Gasteiger partial charge in [0.15, 0.2) is 4.77 Å². The summed E-state index contributed by atoms with van der Waals surface area (Å²) in [5.41, 5.74) is 4.61. The zero-order valence-electron chi connectivity index (χ0n) is 12.2. The SMILES string of the molecule is Cc1ccc(Cc2c(-c3ccccc3)[nH]c(=S)[nH]c2=O)cc1. The smallest absolute Gasteiger partial charge is 0.255 e. The maximum atomic E-state index is 12.4. The third-order valence-electron chi connectivity index (χ3n) is 3.61. The molecule has 0 aliphatic carbocycles. The number of aromatic amines is 2. The van der Waals surface area contributed by atoms with Crippen LogP contribution in [0.3, 0.4) is 0 Å². The Bertz CT molecular complexity index is 893. The van der Waals surface area contributed by atoms with E-state index >= 15 is 0 Å². The molecule has 110 valence electrons. The van der Waals surface area contributed by atoms with Gasteiger partial charge in [0.2, 0.25) is 0 Å².